The normalized spacial score (nSPS) is 12.3. The lowest BCUT2D eigenvalue weighted by Gasteiger charge is -2.11. The van der Waals surface area contributed by atoms with Crippen molar-refractivity contribution in [1.29, 1.82) is 0 Å². The zero-order valence-electron chi connectivity index (χ0n) is 10.9. The van der Waals surface area contributed by atoms with Crippen LogP contribution in [0.1, 0.15) is 25.3 Å². The minimum absolute atomic E-state index is 0.391. The average Bonchev–Trinajstić information content (AvgIpc) is 2.39. The Labute approximate surface area is 127 Å². The minimum Gasteiger partial charge on any atom is -0.480 e. The molecule has 1 atom stereocenters. The molecule has 1 aromatic carbocycles. The summed E-state index contributed by atoms with van der Waals surface area (Å²) in [7, 11) is 0. The fourth-order valence-corrected chi connectivity index (χ4v) is 1.86. The number of carbonyl (C=O) groups is 2. The molecule has 1 aromatic rings. The molecule has 0 aromatic heterocycles. The summed E-state index contributed by atoms with van der Waals surface area (Å²) in [6.07, 6.45) is 3.88. The third kappa shape index (κ3) is 5.23. The van der Waals surface area contributed by atoms with E-state index >= 15 is 0 Å². The van der Waals surface area contributed by atoms with Crippen LogP contribution in [0.15, 0.2) is 24.3 Å². The fraction of sp³-hybridized carbons (Fsp3) is 0.286. The molecular weight excluding hydrogens is 301 g/mol. The average molecular weight is 316 g/mol. The smallest absolute Gasteiger partial charge is 0.326 e. The lowest BCUT2D eigenvalue weighted by Crippen LogP contribution is -2.39. The van der Waals surface area contributed by atoms with Gasteiger partial charge in [-0.25, -0.2) is 4.79 Å². The van der Waals surface area contributed by atoms with Crippen LogP contribution in [0.2, 0.25) is 10.0 Å². The Balaban J connectivity index is 2.67. The Morgan fingerprint density at radius 1 is 1.35 bits per heavy atom. The molecule has 4 nitrogen and oxygen atoms in total. The first kappa shape index (κ1) is 16.5. The lowest BCUT2D eigenvalue weighted by molar-refractivity contribution is -0.141. The maximum atomic E-state index is 11.6. The van der Waals surface area contributed by atoms with Crippen LogP contribution in [-0.2, 0) is 9.59 Å². The van der Waals surface area contributed by atoms with Crippen LogP contribution in [0.25, 0.3) is 6.08 Å². The maximum Gasteiger partial charge on any atom is 0.326 e. The molecule has 0 aliphatic carbocycles. The van der Waals surface area contributed by atoms with E-state index in [0.717, 1.165) is 0 Å². The number of halogens is 2. The summed E-state index contributed by atoms with van der Waals surface area (Å²) in [5.41, 5.74) is 0.705. The summed E-state index contributed by atoms with van der Waals surface area (Å²) >= 11 is 11.6. The van der Waals surface area contributed by atoms with E-state index in [1.54, 1.807) is 24.3 Å². The van der Waals surface area contributed by atoms with Crippen molar-refractivity contribution in [2.75, 3.05) is 0 Å². The first-order chi connectivity index (χ1) is 9.43. The first-order valence-corrected chi connectivity index (χ1v) is 6.86. The zero-order chi connectivity index (χ0) is 15.1. The van der Waals surface area contributed by atoms with Gasteiger partial charge in [-0.3, -0.25) is 4.79 Å². The number of carboxylic acid groups (broad SMARTS) is 1. The third-order valence-corrected chi connectivity index (χ3v) is 3.30. The number of hydrogen-bond acceptors (Lipinski definition) is 2. The summed E-state index contributed by atoms with van der Waals surface area (Å²) in [5.74, 6) is -1.50. The van der Waals surface area contributed by atoms with Crippen LogP contribution in [0.4, 0.5) is 0 Å². The van der Waals surface area contributed by atoms with Crippen LogP contribution in [0.5, 0.6) is 0 Å². The fourth-order valence-electron chi connectivity index (χ4n) is 1.55. The van der Waals surface area contributed by atoms with Crippen molar-refractivity contribution in [3.8, 4) is 0 Å². The molecule has 0 spiro atoms. The zero-order valence-corrected chi connectivity index (χ0v) is 12.4. The van der Waals surface area contributed by atoms with E-state index in [1.807, 2.05) is 6.92 Å². The first-order valence-electron chi connectivity index (χ1n) is 6.10. The molecular formula is C14H15Cl2NO3. The van der Waals surface area contributed by atoms with Gasteiger partial charge in [-0.05, 0) is 30.2 Å². The highest BCUT2D eigenvalue weighted by molar-refractivity contribution is 6.42. The van der Waals surface area contributed by atoms with Gasteiger partial charge in [0.1, 0.15) is 6.04 Å². The van der Waals surface area contributed by atoms with Gasteiger partial charge in [0, 0.05) is 6.08 Å². The second kappa shape index (κ2) is 7.92. The van der Waals surface area contributed by atoms with Crippen LogP contribution >= 0.6 is 23.2 Å². The van der Waals surface area contributed by atoms with Crippen LogP contribution < -0.4 is 5.32 Å². The van der Waals surface area contributed by atoms with Crippen LogP contribution in [-0.4, -0.2) is 23.0 Å². The topological polar surface area (TPSA) is 66.4 Å². The van der Waals surface area contributed by atoms with Crippen molar-refractivity contribution in [3.05, 3.63) is 39.9 Å². The van der Waals surface area contributed by atoms with Crippen molar-refractivity contribution in [2.24, 2.45) is 0 Å². The predicted molar refractivity (Wildman–Crippen MR) is 80.0 cm³/mol. The van der Waals surface area contributed by atoms with Crippen molar-refractivity contribution in [3.63, 3.8) is 0 Å². The van der Waals surface area contributed by atoms with Gasteiger partial charge in [-0.1, -0.05) is 42.6 Å². The Kier molecular flexibility index (Phi) is 6.55. The van der Waals surface area contributed by atoms with Crippen molar-refractivity contribution in [2.45, 2.75) is 25.8 Å². The highest BCUT2D eigenvalue weighted by Crippen LogP contribution is 2.23. The third-order valence-electron chi connectivity index (χ3n) is 2.56. The summed E-state index contributed by atoms with van der Waals surface area (Å²) in [6, 6.07) is 4.08. The largest absolute Gasteiger partial charge is 0.480 e. The minimum atomic E-state index is -1.04. The molecule has 6 heteroatoms. The van der Waals surface area contributed by atoms with Gasteiger partial charge >= 0.3 is 5.97 Å². The van der Waals surface area contributed by atoms with E-state index in [1.165, 1.54) is 6.08 Å². The number of carbonyl (C=O) groups excluding carboxylic acids is 1. The standard InChI is InChI=1S/C14H15Cl2NO3/c1-2-3-12(14(19)20)17-13(18)7-5-9-4-6-10(15)11(16)8-9/h4-8,12H,2-3H2,1H3,(H,17,18)(H,19,20)/b7-5+/t12-/m1/s1. The van der Waals surface area contributed by atoms with Gasteiger partial charge < -0.3 is 10.4 Å². The molecule has 0 saturated heterocycles. The maximum absolute atomic E-state index is 11.6. The van der Waals surface area contributed by atoms with E-state index in [9.17, 15) is 9.59 Å². The van der Waals surface area contributed by atoms with Gasteiger partial charge in [-0.15, -0.1) is 0 Å². The van der Waals surface area contributed by atoms with Gasteiger partial charge in [0.25, 0.3) is 0 Å². The quantitative estimate of drug-likeness (QED) is 0.791. The van der Waals surface area contributed by atoms with E-state index in [-0.39, 0.29) is 0 Å². The second-order valence-electron chi connectivity index (χ2n) is 4.19. The molecule has 0 heterocycles. The molecule has 0 radical (unpaired) electrons. The van der Waals surface area contributed by atoms with E-state index in [2.05, 4.69) is 5.32 Å². The number of rotatable bonds is 6. The van der Waals surface area contributed by atoms with Gasteiger partial charge in [-0.2, -0.15) is 0 Å². The van der Waals surface area contributed by atoms with E-state index in [4.69, 9.17) is 28.3 Å². The van der Waals surface area contributed by atoms with Crippen molar-refractivity contribution >= 4 is 41.2 Å². The van der Waals surface area contributed by atoms with E-state index < -0.39 is 17.9 Å². The number of hydrogen-bond donors (Lipinski definition) is 2. The SMILES string of the molecule is CCC[C@@H](NC(=O)/C=C/c1ccc(Cl)c(Cl)c1)C(=O)O. The molecule has 2 N–H and O–H groups in total. The second-order valence-corrected chi connectivity index (χ2v) is 5.01. The number of aliphatic carboxylic acids is 1. The highest BCUT2D eigenvalue weighted by atomic mass is 35.5. The Bertz CT molecular complexity index is 529. The monoisotopic (exact) mass is 315 g/mol. The predicted octanol–water partition coefficient (Wildman–Crippen LogP) is 3.38. The molecule has 1 rings (SSSR count). The summed E-state index contributed by atoms with van der Waals surface area (Å²) in [5, 5.41) is 12.2. The van der Waals surface area contributed by atoms with Crippen LogP contribution in [0.3, 0.4) is 0 Å². The molecule has 0 aliphatic heterocycles. The number of nitrogens with one attached hydrogen (secondary N) is 1. The molecule has 0 aliphatic rings. The Hall–Kier alpha value is -1.52. The van der Waals surface area contributed by atoms with Crippen LogP contribution in [0, 0.1) is 0 Å². The molecule has 1 amide bonds. The van der Waals surface area contributed by atoms with Crippen molar-refractivity contribution < 1.29 is 14.7 Å². The van der Waals surface area contributed by atoms with Gasteiger partial charge in [0.2, 0.25) is 5.91 Å². The van der Waals surface area contributed by atoms with Gasteiger partial charge in [0.05, 0.1) is 10.0 Å². The van der Waals surface area contributed by atoms with Gasteiger partial charge in [0.15, 0.2) is 0 Å². The summed E-state index contributed by atoms with van der Waals surface area (Å²) < 4.78 is 0. The number of amides is 1. The molecule has 108 valence electrons. The number of carboxylic acids is 1. The molecule has 0 bridgehead atoms. The molecule has 0 saturated carbocycles. The summed E-state index contributed by atoms with van der Waals surface area (Å²) in [6.45, 7) is 1.85. The van der Waals surface area contributed by atoms with E-state index in [0.29, 0.717) is 28.5 Å². The number of benzene rings is 1. The molecule has 20 heavy (non-hydrogen) atoms. The summed E-state index contributed by atoms with van der Waals surface area (Å²) in [4.78, 5) is 22.5. The lowest BCUT2D eigenvalue weighted by atomic mass is 10.1. The highest BCUT2D eigenvalue weighted by Gasteiger charge is 2.17. The molecule has 0 unspecified atom stereocenters. The Morgan fingerprint density at radius 2 is 2.05 bits per heavy atom. The molecule has 0 fully saturated rings. The Morgan fingerprint density at radius 3 is 2.60 bits per heavy atom. The van der Waals surface area contributed by atoms with Crippen molar-refractivity contribution in [1.82, 2.24) is 5.32 Å².